The molecule has 0 aromatic rings. The van der Waals surface area contributed by atoms with E-state index >= 15 is 0 Å². The summed E-state index contributed by atoms with van der Waals surface area (Å²) in [5, 5.41) is 10.8. The van der Waals surface area contributed by atoms with Crippen LogP contribution in [0.1, 0.15) is 27.2 Å². The summed E-state index contributed by atoms with van der Waals surface area (Å²) in [6.07, 6.45) is 0.432. The molecule has 0 saturated heterocycles. The van der Waals surface area contributed by atoms with Crippen LogP contribution in [-0.2, 0) is 9.59 Å². The van der Waals surface area contributed by atoms with Crippen LogP contribution in [0.3, 0.4) is 0 Å². The molecule has 0 rings (SSSR count). The quantitative estimate of drug-likeness (QED) is 0.602. The number of carboxylic acids is 1. The van der Waals surface area contributed by atoms with Crippen LogP contribution in [0.15, 0.2) is 0 Å². The molecule has 0 aromatic heterocycles. The average molecular weight is 219 g/mol. The molecule has 0 bridgehead atoms. The van der Waals surface area contributed by atoms with E-state index in [9.17, 15) is 9.59 Å². The Kier molecular flexibility index (Phi) is 5.60. The van der Waals surface area contributed by atoms with Crippen molar-refractivity contribution >= 4 is 24.5 Å². The van der Waals surface area contributed by atoms with E-state index in [0.29, 0.717) is 6.42 Å². The van der Waals surface area contributed by atoms with Crippen LogP contribution in [0.5, 0.6) is 0 Å². The van der Waals surface area contributed by atoms with E-state index in [-0.39, 0.29) is 11.8 Å². The molecule has 0 aromatic carbocycles. The van der Waals surface area contributed by atoms with Crippen molar-refractivity contribution in [1.82, 2.24) is 5.32 Å². The van der Waals surface area contributed by atoms with Gasteiger partial charge in [0.2, 0.25) is 5.91 Å². The fourth-order valence-corrected chi connectivity index (χ4v) is 1.06. The summed E-state index contributed by atoms with van der Waals surface area (Å²) in [5.41, 5.74) is 0. The molecule has 2 atom stereocenters. The molecule has 2 unspecified atom stereocenters. The van der Waals surface area contributed by atoms with Gasteiger partial charge < -0.3 is 10.4 Å². The maximum absolute atomic E-state index is 11.2. The summed E-state index contributed by atoms with van der Waals surface area (Å²) in [4.78, 5) is 21.9. The Morgan fingerprint density at radius 1 is 1.36 bits per heavy atom. The Morgan fingerprint density at radius 2 is 1.86 bits per heavy atom. The molecule has 0 heterocycles. The normalized spacial score (nSPS) is 14.9. The van der Waals surface area contributed by atoms with E-state index in [1.807, 2.05) is 13.8 Å². The van der Waals surface area contributed by atoms with Crippen molar-refractivity contribution in [2.24, 2.45) is 5.92 Å². The van der Waals surface area contributed by atoms with Gasteiger partial charge in [-0.15, -0.1) is 0 Å². The Hall–Kier alpha value is -0.710. The zero-order chi connectivity index (χ0) is 11.3. The van der Waals surface area contributed by atoms with Gasteiger partial charge in [0.1, 0.15) is 6.04 Å². The summed E-state index contributed by atoms with van der Waals surface area (Å²) >= 11 is 3.92. The van der Waals surface area contributed by atoms with E-state index < -0.39 is 17.3 Å². The third-order valence-electron chi connectivity index (χ3n) is 1.70. The number of carbonyl (C=O) groups is 2. The van der Waals surface area contributed by atoms with Gasteiger partial charge in [0.05, 0.1) is 5.25 Å². The fraction of sp³-hybridized carbons (Fsp3) is 0.778. The summed E-state index contributed by atoms with van der Waals surface area (Å²) in [6, 6.07) is -0.808. The number of carboxylic acid groups (broad SMARTS) is 1. The van der Waals surface area contributed by atoms with E-state index in [1.54, 1.807) is 6.92 Å². The SMILES string of the molecule is CC(C)CC(NC(=O)C(C)S)C(=O)O. The van der Waals surface area contributed by atoms with Crippen LogP contribution < -0.4 is 5.32 Å². The predicted molar refractivity (Wildman–Crippen MR) is 57.5 cm³/mol. The first-order valence-electron chi connectivity index (χ1n) is 4.55. The lowest BCUT2D eigenvalue weighted by atomic mass is 10.0. The number of carbonyl (C=O) groups excluding carboxylic acids is 1. The summed E-state index contributed by atoms with van der Waals surface area (Å²) in [6.45, 7) is 5.42. The van der Waals surface area contributed by atoms with Gasteiger partial charge in [-0.05, 0) is 19.3 Å². The van der Waals surface area contributed by atoms with Crippen LogP contribution in [0, 0.1) is 5.92 Å². The molecule has 4 nitrogen and oxygen atoms in total. The van der Waals surface area contributed by atoms with Gasteiger partial charge in [-0.1, -0.05) is 13.8 Å². The van der Waals surface area contributed by atoms with Gasteiger partial charge in [0.25, 0.3) is 0 Å². The Balaban J connectivity index is 4.23. The van der Waals surface area contributed by atoms with Gasteiger partial charge >= 0.3 is 5.97 Å². The first-order chi connectivity index (χ1) is 6.34. The Bertz CT molecular complexity index is 216. The molecule has 0 fully saturated rings. The van der Waals surface area contributed by atoms with Crippen LogP contribution in [-0.4, -0.2) is 28.3 Å². The second-order valence-corrected chi connectivity index (χ2v) is 4.48. The second-order valence-electron chi connectivity index (χ2n) is 3.70. The highest BCUT2D eigenvalue weighted by molar-refractivity contribution is 7.81. The predicted octanol–water partition coefficient (Wildman–Crippen LogP) is 0.920. The lowest BCUT2D eigenvalue weighted by Gasteiger charge is -2.17. The van der Waals surface area contributed by atoms with E-state index in [1.165, 1.54) is 0 Å². The number of nitrogens with one attached hydrogen (secondary N) is 1. The number of thiol groups is 1. The molecule has 2 N–H and O–H groups in total. The highest BCUT2D eigenvalue weighted by Gasteiger charge is 2.22. The van der Waals surface area contributed by atoms with E-state index in [4.69, 9.17) is 5.11 Å². The highest BCUT2D eigenvalue weighted by Crippen LogP contribution is 2.05. The number of hydrogen-bond acceptors (Lipinski definition) is 3. The lowest BCUT2D eigenvalue weighted by Crippen LogP contribution is -2.44. The third kappa shape index (κ3) is 5.11. The molecule has 0 saturated carbocycles. The summed E-state index contributed by atoms with van der Waals surface area (Å²) in [7, 11) is 0. The van der Waals surface area contributed by atoms with Crippen molar-refractivity contribution in [3.8, 4) is 0 Å². The Morgan fingerprint density at radius 3 is 2.14 bits per heavy atom. The highest BCUT2D eigenvalue weighted by atomic mass is 32.1. The molecule has 14 heavy (non-hydrogen) atoms. The number of aliphatic carboxylic acids is 1. The van der Waals surface area contributed by atoms with Crippen molar-refractivity contribution in [3.63, 3.8) is 0 Å². The van der Waals surface area contributed by atoms with Gasteiger partial charge in [-0.25, -0.2) is 4.79 Å². The fourth-order valence-electron chi connectivity index (χ4n) is 0.985. The maximum atomic E-state index is 11.2. The smallest absolute Gasteiger partial charge is 0.326 e. The molecule has 82 valence electrons. The largest absolute Gasteiger partial charge is 0.480 e. The minimum absolute atomic E-state index is 0.228. The molecule has 0 radical (unpaired) electrons. The van der Waals surface area contributed by atoms with Gasteiger partial charge in [0, 0.05) is 0 Å². The molecule has 0 aliphatic rings. The number of rotatable bonds is 5. The van der Waals surface area contributed by atoms with Crippen LogP contribution in [0.25, 0.3) is 0 Å². The van der Waals surface area contributed by atoms with Crippen molar-refractivity contribution in [2.45, 2.75) is 38.5 Å². The van der Waals surface area contributed by atoms with Crippen LogP contribution in [0.4, 0.5) is 0 Å². The van der Waals surface area contributed by atoms with E-state index in [2.05, 4.69) is 17.9 Å². The molecular weight excluding hydrogens is 202 g/mol. The first-order valence-corrected chi connectivity index (χ1v) is 5.07. The number of amides is 1. The molecule has 1 amide bonds. The first kappa shape index (κ1) is 13.3. The zero-order valence-electron chi connectivity index (χ0n) is 8.65. The van der Waals surface area contributed by atoms with Crippen molar-refractivity contribution in [3.05, 3.63) is 0 Å². The second kappa shape index (κ2) is 5.90. The molecular formula is C9H17NO3S. The monoisotopic (exact) mass is 219 g/mol. The summed E-state index contributed by atoms with van der Waals surface area (Å²) in [5.74, 6) is -1.12. The van der Waals surface area contributed by atoms with Crippen LogP contribution >= 0.6 is 12.6 Å². The topological polar surface area (TPSA) is 66.4 Å². The molecule has 0 spiro atoms. The standard InChI is InChI=1S/C9H17NO3S/c1-5(2)4-7(9(12)13)10-8(11)6(3)14/h5-7,14H,4H2,1-3H3,(H,10,11)(H,12,13). The van der Waals surface area contributed by atoms with Crippen molar-refractivity contribution < 1.29 is 14.7 Å². The molecule has 0 aliphatic carbocycles. The zero-order valence-corrected chi connectivity index (χ0v) is 9.54. The number of hydrogen-bond donors (Lipinski definition) is 3. The van der Waals surface area contributed by atoms with E-state index in [0.717, 1.165) is 0 Å². The minimum Gasteiger partial charge on any atom is -0.480 e. The molecule has 0 aliphatic heterocycles. The van der Waals surface area contributed by atoms with Gasteiger partial charge in [-0.3, -0.25) is 4.79 Å². The van der Waals surface area contributed by atoms with Gasteiger partial charge in [0.15, 0.2) is 0 Å². The third-order valence-corrected chi connectivity index (χ3v) is 1.94. The van der Waals surface area contributed by atoms with Crippen molar-refractivity contribution in [2.75, 3.05) is 0 Å². The van der Waals surface area contributed by atoms with Crippen LogP contribution in [0.2, 0.25) is 0 Å². The Labute approximate surface area is 89.5 Å². The minimum atomic E-state index is -0.999. The maximum Gasteiger partial charge on any atom is 0.326 e. The summed E-state index contributed by atoms with van der Waals surface area (Å²) < 4.78 is 0. The lowest BCUT2D eigenvalue weighted by molar-refractivity contribution is -0.142. The average Bonchev–Trinajstić information content (AvgIpc) is 2.01. The van der Waals surface area contributed by atoms with Crippen molar-refractivity contribution in [1.29, 1.82) is 0 Å². The van der Waals surface area contributed by atoms with Gasteiger partial charge in [-0.2, -0.15) is 12.6 Å². The molecule has 5 heteroatoms.